The van der Waals surface area contributed by atoms with Crippen LogP contribution in [0.4, 0.5) is 11.4 Å². The molecule has 0 amide bonds. The quantitative estimate of drug-likeness (QED) is 0.573. The van der Waals surface area contributed by atoms with Crippen LogP contribution in [0.5, 0.6) is 0 Å². The second-order valence-corrected chi connectivity index (χ2v) is 8.27. The number of aromatic nitrogens is 3. The van der Waals surface area contributed by atoms with Crippen molar-refractivity contribution in [1.29, 1.82) is 0 Å². The third kappa shape index (κ3) is 2.22. The molecular formula is C18H15N5OS2. The summed E-state index contributed by atoms with van der Waals surface area (Å²) >= 11 is 3.14. The molecule has 0 saturated heterocycles. The molecule has 0 fully saturated rings. The van der Waals surface area contributed by atoms with Crippen molar-refractivity contribution in [3.05, 3.63) is 47.1 Å². The molecule has 1 aliphatic heterocycles. The van der Waals surface area contributed by atoms with Gasteiger partial charge in [-0.3, -0.25) is 9.36 Å². The van der Waals surface area contributed by atoms with Gasteiger partial charge in [0, 0.05) is 30.9 Å². The zero-order chi connectivity index (χ0) is 17.8. The van der Waals surface area contributed by atoms with Gasteiger partial charge in [-0.15, -0.1) is 23.1 Å². The highest BCUT2D eigenvalue weighted by atomic mass is 32.2. The van der Waals surface area contributed by atoms with Gasteiger partial charge in [0.05, 0.1) is 28.2 Å². The molecule has 1 aliphatic rings. The average molecular weight is 381 g/mol. The van der Waals surface area contributed by atoms with E-state index in [0.29, 0.717) is 4.70 Å². The van der Waals surface area contributed by atoms with Gasteiger partial charge >= 0.3 is 0 Å². The van der Waals surface area contributed by atoms with Crippen molar-refractivity contribution >= 4 is 54.9 Å². The van der Waals surface area contributed by atoms with E-state index in [-0.39, 0.29) is 5.56 Å². The zero-order valence-corrected chi connectivity index (χ0v) is 15.8. The van der Waals surface area contributed by atoms with Crippen molar-refractivity contribution < 1.29 is 0 Å². The number of nitrogens with zero attached hydrogens (tertiary/aromatic N) is 4. The van der Waals surface area contributed by atoms with Gasteiger partial charge < -0.3 is 10.2 Å². The van der Waals surface area contributed by atoms with E-state index in [0.717, 1.165) is 43.6 Å². The van der Waals surface area contributed by atoms with Gasteiger partial charge in [-0.2, -0.15) is 0 Å². The maximum Gasteiger partial charge on any atom is 0.275 e. The Morgan fingerprint density at radius 1 is 1.23 bits per heavy atom. The predicted octanol–water partition coefficient (Wildman–Crippen LogP) is 3.54. The van der Waals surface area contributed by atoms with Gasteiger partial charge in [-0.1, -0.05) is 0 Å². The summed E-state index contributed by atoms with van der Waals surface area (Å²) in [6.07, 6.45) is 3.40. The first-order valence-electron chi connectivity index (χ1n) is 8.11. The fourth-order valence-electron chi connectivity index (χ4n) is 3.21. The first-order chi connectivity index (χ1) is 12.6. The van der Waals surface area contributed by atoms with Crippen molar-refractivity contribution in [3.8, 4) is 5.69 Å². The number of thiophene rings is 1. The molecule has 4 aromatic rings. The lowest BCUT2D eigenvalue weighted by Gasteiger charge is -2.13. The molecule has 5 rings (SSSR count). The number of nitrogens with one attached hydrogen (secondary N) is 1. The minimum atomic E-state index is -0.0568. The Kier molecular flexibility index (Phi) is 3.44. The molecule has 0 unspecified atom stereocenters. The van der Waals surface area contributed by atoms with E-state index < -0.39 is 0 Å². The average Bonchev–Trinajstić information content (AvgIpc) is 3.25. The summed E-state index contributed by atoms with van der Waals surface area (Å²) < 4.78 is 2.25. The largest absolute Gasteiger partial charge is 0.377 e. The van der Waals surface area contributed by atoms with Gasteiger partial charge in [0.25, 0.3) is 5.56 Å². The van der Waals surface area contributed by atoms with Crippen LogP contribution >= 0.6 is 23.1 Å². The van der Waals surface area contributed by atoms with Crippen molar-refractivity contribution in [2.24, 2.45) is 0 Å². The lowest BCUT2D eigenvalue weighted by Crippen LogP contribution is -2.17. The summed E-state index contributed by atoms with van der Waals surface area (Å²) in [5.74, 6) is 0.861. The molecule has 6 nitrogen and oxygen atoms in total. The van der Waals surface area contributed by atoms with Crippen molar-refractivity contribution in [2.45, 2.75) is 4.90 Å². The summed E-state index contributed by atoms with van der Waals surface area (Å²) in [5.41, 5.74) is 3.63. The minimum absolute atomic E-state index is 0.0568. The summed E-state index contributed by atoms with van der Waals surface area (Å²) in [6, 6.07) is 7.94. The molecule has 0 bridgehead atoms. The molecule has 1 aromatic carbocycles. The van der Waals surface area contributed by atoms with Crippen LogP contribution in [0, 0.1) is 0 Å². The highest BCUT2D eigenvalue weighted by molar-refractivity contribution is 7.99. The smallest absolute Gasteiger partial charge is 0.275 e. The standard InChI is InChI=1S/C18H15N5OS2/c1-22(2)12-5-6-19-17-14(12)15-16(26-17)18(24)23(8-20-15)10-3-4-11-13(7-10)25-9-21-11/h3-8,21H,9H2,1-2H3. The molecule has 8 heteroatoms. The minimum Gasteiger partial charge on any atom is -0.377 e. The fraction of sp³-hybridized carbons (Fsp3) is 0.167. The van der Waals surface area contributed by atoms with Crippen LogP contribution in [-0.4, -0.2) is 34.5 Å². The SMILES string of the molecule is CN(C)c1ccnc2sc3c(=O)n(-c4ccc5c(c4)SCN5)cnc3c12. The molecule has 4 heterocycles. The Labute approximate surface area is 157 Å². The second kappa shape index (κ2) is 5.72. The number of thioether (sulfide) groups is 1. The lowest BCUT2D eigenvalue weighted by molar-refractivity contribution is 0.963. The van der Waals surface area contributed by atoms with Gasteiger partial charge in [-0.25, -0.2) is 9.97 Å². The van der Waals surface area contributed by atoms with Crippen LogP contribution in [0.2, 0.25) is 0 Å². The molecule has 0 atom stereocenters. The normalized spacial score (nSPS) is 13.2. The van der Waals surface area contributed by atoms with Gasteiger partial charge in [-0.05, 0) is 24.3 Å². The van der Waals surface area contributed by atoms with Crippen LogP contribution in [0.1, 0.15) is 0 Å². The first kappa shape index (κ1) is 15.7. The van der Waals surface area contributed by atoms with E-state index in [1.165, 1.54) is 11.3 Å². The third-order valence-corrected chi connectivity index (χ3v) is 6.49. The van der Waals surface area contributed by atoms with Crippen LogP contribution in [0.15, 0.2) is 46.5 Å². The van der Waals surface area contributed by atoms with Crippen molar-refractivity contribution in [2.75, 3.05) is 30.2 Å². The number of hydrogen-bond donors (Lipinski definition) is 1. The van der Waals surface area contributed by atoms with Crippen molar-refractivity contribution in [3.63, 3.8) is 0 Å². The topological polar surface area (TPSA) is 63.1 Å². The molecule has 1 N–H and O–H groups in total. The molecule has 26 heavy (non-hydrogen) atoms. The van der Waals surface area contributed by atoms with Crippen molar-refractivity contribution in [1.82, 2.24) is 14.5 Å². The molecule has 130 valence electrons. The van der Waals surface area contributed by atoms with E-state index in [4.69, 9.17) is 0 Å². The Bertz CT molecular complexity index is 1230. The predicted molar refractivity (Wildman–Crippen MR) is 109 cm³/mol. The summed E-state index contributed by atoms with van der Waals surface area (Å²) in [6.45, 7) is 0. The molecular weight excluding hydrogens is 366 g/mol. The molecule has 0 radical (unpaired) electrons. The second-order valence-electron chi connectivity index (χ2n) is 6.25. The Morgan fingerprint density at radius 3 is 2.96 bits per heavy atom. The van der Waals surface area contributed by atoms with Crippen LogP contribution in [0.25, 0.3) is 26.1 Å². The van der Waals surface area contributed by atoms with E-state index in [2.05, 4.69) is 15.3 Å². The molecule has 0 spiro atoms. The Morgan fingerprint density at radius 2 is 2.12 bits per heavy atom. The monoisotopic (exact) mass is 381 g/mol. The number of fused-ring (bicyclic) bond motifs is 4. The van der Waals surface area contributed by atoms with Gasteiger partial charge in [0.15, 0.2) is 0 Å². The molecule has 0 aliphatic carbocycles. The molecule has 3 aromatic heterocycles. The van der Waals surface area contributed by atoms with Gasteiger partial charge in [0.2, 0.25) is 0 Å². The summed E-state index contributed by atoms with van der Waals surface area (Å²) in [5, 5.41) is 4.25. The van der Waals surface area contributed by atoms with E-state index >= 15 is 0 Å². The summed E-state index contributed by atoms with van der Waals surface area (Å²) in [4.78, 5) is 26.2. The van der Waals surface area contributed by atoms with Crippen LogP contribution in [-0.2, 0) is 0 Å². The number of rotatable bonds is 2. The van der Waals surface area contributed by atoms with E-state index in [9.17, 15) is 4.79 Å². The fourth-order valence-corrected chi connectivity index (χ4v) is 5.14. The highest BCUT2D eigenvalue weighted by Crippen LogP contribution is 2.36. The van der Waals surface area contributed by atoms with Crippen LogP contribution in [0.3, 0.4) is 0 Å². The maximum absolute atomic E-state index is 13.1. The summed E-state index contributed by atoms with van der Waals surface area (Å²) in [7, 11) is 3.96. The zero-order valence-electron chi connectivity index (χ0n) is 14.2. The van der Waals surface area contributed by atoms with E-state index in [1.807, 2.05) is 43.3 Å². The highest BCUT2D eigenvalue weighted by Gasteiger charge is 2.18. The van der Waals surface area contributed by atoms with E-state index in [1.54, 1.807) is 28.9 Å². The molecule has 0 saturated carbocycles. The van der Waals surface area contributed by atoms with Gasteiger partial charge in [0.1, 0.15) is 15.9 Å². The van der Waals surface area contributed by atoms with Crippen LogP contribution < -0.4 is 15.8 Å². The first-order valence-corrected chi connectivity index (χ1v) is 9.91. The number of anilines is 2. The lowest BCUT2D eigenvalue weighted by atomic mass is 10.2. The maximum atomic E-state index is 13.1. The Balaban J connectivity index is 1.77. The third-order valence-electron chi connectivity index (χ3n) is 4.48. The number of hydrogen-bond acceptors (Lipinski definition) is 7. The number of pyridine rings is 1. The number of benzene rings is 1. The Hall–Kier alpha value is -2.58.